The Morgan fingerprint density at radius 1 is 1.44 bits per heavy atom. The third-order valence-corrected chi connectivity index (χ3v) is 3.90. The van der Waals surface area contributed by atoms with Crippen LogP contribution in [0.5, 0.6) is 0 Å². The fourth-order valence-corrected chi connectivity index (χ4v) is 2.73. The molecule has 2 rings (SSSR count). The van der Waals surface area contributed by atoms with Gasteiger partial charge in [-0.25, -0.2) is 4.39 Å². The van der Waals surface area contributed by atoms with E-state index in [9.17, 15) is 4.39 Å². The highest BCUT2D eigenvalue weighted by atomic mass is 79.9. The summed E-state index contributed by atoms with van der Waals surface area (Å²) in [5, 5.41) is 0. The van der Waals surface area contributed by atoms with Gasteiger partial charge in [-0.1, -0.05) is 35.8 Å². The van der Waals surface area contributed by atoms with E-state index in [-0.39, 0.29) is 5.82 Å². The molecule has 0 aromatic heterocycles. The maximum Gasteiger partial charge on any atom is 0.124 e. The first-order valence-electron chi connectivity index (χ1n) is 5.63. The number of hydrogen-bond acceptors (Lipinski definition) is 1. The van der Waals surface area contributed by atoms with Crippen LogP contribution in [-0.4, -0.2) is 18.0 Å². The molecule has 0 atom stereocenters. The van der Waals surface area contributed by atoms with Crippen molar-refractivity contribution in [2.75, 3.05) is 13.1 Å². The van der Waals surface area contributed by atoms with Crippen molar-refractivity contribution in [3.05, 3.63) is 34.1 Å². The van der Waals surface area contributed by atoms with Crippen LogP contribution in [0.1, 0.15) is 25.8 Å². The summed E-state index contributed by atoms with van der Waals surface area (Å²) >= 11 is 3.42. The Balaban J connectivity index is 2.05. The molecule has 16 heavy (non-hydrogen) atoms. The first-order valence-corrected chi connectivity index (χ1v) is 6.42. The lowest BCUT2D eigenvalue weighted by molar-refractivity contribution is 0.284. The molecule has 1 nitrogen and oxygen atoms in total. The second kappa shape index (κ2) is 4.46. The topological polar surface area (TPSA) is 3.24 Å². The lowest BCUT2D eigenvalue weighted by atomic mass is 9.93. The van der Waals surface area contributed by atoms with Crippen molar-refractivity contribution in [2.45, 2.75) is 26.8 Å². The summed E-state index contributed by atoms with van der Waals surface area (Å²) in [4.78, 5) is 2.43. The SMILES string of the molecule is CC1(C)CCN(Cc2ccc(F)cc2Br)C1. The number of rotatable bonds is 2. The summed E-state index contributed by atoms with van der Waals surface area (Å²) in [5.41, 5.74) is 1.59. The van der Waals surface area contributed by atoms with Gasteiger partial charge in [0.2, 0.25) is 0 Å². The maximum atomic E-state index is 12.9. The number of likely N-dealkylation sites (tertiary alicyclic amines) is 1. The molecule has 0 spiro atoms. The van der Waals surface area contributed by atoms with E-state index >= 15 is 0 Å². The Morgan fingerprint density at radius 2 is 2.19 bits per heavy atom. The van der Waals surface area contributed by atoms with Crippen molar-refractivity contribution < 1.29 is 4.39 Å². The minimum atomic E-state index is -0.183. The zero-order valence-corrected chi connectivity index (χ0v) is 11.3. The molecular formula is C13H17BrFN. The van der Waals surface area contributed by atoms with E-state index in [1.807, 2.05) is 6.07 Å². The maximum absolute atomic E-state index is 12.9. The van der Waals surface area contributed by atoms with E-state index in [0.717, 1.165) is 24.1 Å². The molecule has 1 aliphatic heterocycles. The Kier molecular flexibility index (Phi) is 3.36. The molecular weight excluding hydrogens is 269 g/mol. The Labute approximate surface area is 105 Å². The molecule has 0 aliphatic carbocycles. The van der Waals surface area contributed by atoms with Gasteiger partial charge >= 0.3 is 0 Å². The van der Waals surface area contributed by atoms with Gasteiger partial charge in [0.05, 0.1) is 0 Å². The highest BCUT2D eigenvalue weighted by molar-refractivity contribution is 9.10. The van der Waals surface area contributed by atoms with E-state index in [1.54, 1.807) is 0 Å². The van der Waals surface area contributed by atoms with Gasteiger partial charge in [-0.05, 0) is 36.1 Å². The normalized spacial score (nSPS) is 20.2. The smallest absolute Gasteiger partial charge is 0.124 e. The van der Waals surface area contributed by atoms with Crippen LogP contribution in [-0.2, 0) is 6.54 Å². The average molecular weight is 286 g/mol. The summed E-state index contributed by atoms with van der Waals surface area (Å²) in [6, 6.07) is 4.93. The van der Waals surface area contributed by atoms with Gasteiger partial charge in [-0.3, -0.25) is 4.90 Å². The van der Waals surface area contributed by atoms with Gasteiger partial charge < -0.3 is 0 Å². The molecule has 0 bridgehead atoms. The number of benzene rings is 1. The van der Waals surface area contributed by atoms with Crippen molar-refractivity contribution in [3.63, 3.8) is 0 Å². The van der Waals surface area contributed by atoms with Crippen LogP contribution in [0.3, 0.4) is 0 Å². The molecule has 0 N–H and O–H groups in total. The summed E-state index contributed by atoms with van der Waals surface area (Å²) in [7, 11) is 0. The molecule has 88 valence electrons. The number of hydrogen-bond donors (Lipinski definition) is 0. The van der Waals surface area contributed by atoms with Crippen molar-refractivity contribution in [2.24, 2.45) is 5.41 Å². The molecule has 0 saturated carbocycles. The summed E-state index contributed by atoms with van der Waals surface area (Å²) in [6.45, 7) is 7.76. The monoisotopic (exact) mass is 285 g/mol. The number of halogens is 2. The summed E-state index contributed by atoms with van der Waals surface area (Å²) in [5.74, 6) is -0.183. The van der Waals surface area contributed by atoms with Crippen LogP contribution in [0, 0.1) is 11.2 Å². The molecule has 1 fully saturated rings. The minimum Gasteiger partial charge on any atom is -0.298 e. The zero-order valence-electron chi connectivity index (χ0n) is 9.76. The van der Waals surface area contributed by atoms with E-state index in [2.05, 4.69) is 34.7 Å². The highest BCUT2D eigenvalue weighted by Crippen LogP contribution is 2.30. The van der Waals surface area contributed by atoms with Crippen LogP contribution >= 0.6 is 15.9 Å². The van der Waals surface area contributed by atoms with Crippen molar-refractivity contribution in [1.82, 2.24) is 4.90 Å². The van der Waals surface area contributed by atoms with Crippen molar-refractivity contribution in [3.8, 4) is 0 Å². The third-order valence-electron chi connectivity index (χ3n) is 3.17. The van der Waals surface area contributed by atoms with Crippen LogP contribution in [0.25, 0.3) is 0 Å². The van der Waals surface area contributed by atoms with Gasteiger partial charge in [0.25, 0.3) is 0 Å². The Hall–Kier alpha value is -0.410. The Morgan fingerprint density at radius 3 is 2.75 bits per heavy atom. The van der Waals surface area contributed by atoms with Gasteiger partial charge in [0.1, 0.15) is 5.82 Å². The largest absolute Gasteiger partial charge is 0.298 e. The molecule has 1 aliphatic rings. The zero-order chi connectivity index (χ0) is 11.8. The third kappa shape index (κ3) is 2.83. The van der Waals surface area contributed by atoms with E-state index in [0.29, 0.717) is 5.41 Å². The van der Waals surface area contributed by atoms with Gasteiger partial charge in [0.15, 0.2) is 0 Å². The molecule has 1 saturated heterocycles. The molecule has 1 heterocycles. The van der Waals surface area contributed by atoms with E-state index < -0.39 is 0 Å². The van der Waals surface area contributed by atoms with Crippen molar-refractivity contribution in [1.29, 1.82) is 0 Å². The first kappa shape index (κ1) is 12.1. The highest BCUT2D eigenvalue weighted by Gasteiger charge is 2.29. The molecule has 3 heteroatoms. The molecule has 0 unspecified atom stereocenters. The van der Waals surface area contributed by atoms with Gasteiger partial charge in [-0.15, -0.1) is 0 Å². The predicted octanol–water partition coefficient (Wildman–Crippen LogP) is 3.82. The Bertz CT molecular complexity index is 390. The molecule has 1 aromatic carbocycles. The second-order valence-corrected chi connectivity index (χ2v) is 6.21. The van der Waals surface area contributed by atoms with Crippen molar-refractivity contribution >= 4 is 15.9 Å². The fourth-order valence-electron chi connectivity index (χ4n) is 2.25. The molecule has 1 aromatic rings. The minimum absolute atomic E-state index is 0.183. The van der Waals surface area contributed by atoms with E-state index in [1.165, 1.54) is 24.1 Å². The van der Waals surface area contributed by atoms with Gasteiger partial charge in [-0.2, -0.15) is 0 Å². The molecule has 0 radical (unpaired) electrons. The number of nitrogens with zero attached hydrogens (tertiary/aromatic N) is 1. The van der Waals surface area contributed by atoms with Crippen LogP contribution < -0.4 is 0 Å². The first-order chi connectivity index (χ1) is 7.46. The summed E-state index contributed by atoms with van der Waals surface area (Å²) in [6.07, 6.45) is 1.24. The molecule has 0 amide bonds. The second-order valence-electron chi connectivity index (χ2n) is 5.36. The average Bonchev–Trinajstić information content (AvgIpc) is 2.51. The predicted molar refractivity (Wildman–Crippen MR) is 67.8 cm³/mol. The van der Waals surface area contributed by atoms with Crippen LogP contribution in [0.2, 0.25) is 0 Å². The van der Waals surface area contributed by atoms with Gasteiger partial charge in [0, 0.05) is 17.6 Å². The van der Waals surface area contributed by atoms with E-state index in [4.69, 9.17) is 0 Å². The lowest BCUT2D eigenvalue weighted by Gasteiger charge is -2.20. The standard InChI is InChI=1S/C13H17BrFN/c1-13(2)5-6-16(9-13)8-10-3-4-11(15)7-12(10)14/h3-4,7H,5-6,8-9H2,1-2H3. The summed E-state index contributed by atoms with van der Waals surface area (Å²) < 4.78 is 13.8. The lowest BCUT2D eigenvalue weighted by Crippen LogP contribution is -2.23. The van der Waals surface area contributed by atoms with Crippen LogP contribution in [0.4, 0.5) is 4.39 Å². The fraction of sp³-hybridized carbons (Fsp3) is 0.538. The van der Waals surface area contributed by atoms with Crippen LogP contribution in [0.15, 0.2) is 22.7 Å². The quantitative estimate of drug-likeness (QED) is 0.799.